The molecule has 0 bridgehead atoms. The number of carbonyl (C=O) groups is 2. The first kappa shape index (κ1) is 25.3. The summed E-state index contributed by atoms with van der Waals surface area (Å²) in [4.78, 5) is 28.2. The molecule has 4 rings (SSSR count). The van der Waals surface area contributed by atoms with Crippen molar-refractivity contribution in [3.05, 3.63) is 94.0 Å². The maximum absolute atomic E-state index is 13.4. The molecule has 0 radical (unpaired) electrons. The summed E-state index contributed by atoms with van der Waals surface area (Å²) >= 11 is 6.22. The molecule has 1 heterocycles. The van der Waals surface area contributed by atoms with Crippen LogP contribution in [0.25, 0.3) is 5.76 Å². The third kappa shape index (κ3) is 4.69. The number of aliphatic hydroxyl groups excluding tert-OH is 1. The Morgan fingerprint density at radius 3 is 2.47 bits per heavy atom. The quantitative estimate of drug-likeness (QED) is 0.225. The molecule has 1 aliphatic rings. The molecule has 1 amide bonds. The molecule has 1 fully saturated rings. The van der Waals surface area contributed by atoms with Crippen LogP contribution >= 0.6 is 11.6 Å². The third-order valence-corrected chi connectivity index (χ3v) is 6.38. The number of rotatable bonds is 7. The van der Waals surface area contributed by atoms with Gasteiger partial charge in [-0.3, -0.25) is 14.5 Å². The second-order valence-corrected chi connectivity index (χ2v) is 9.20. The number of aliphatic hydroxyl groups is 1. The summed E-state index contributed by atoms with van der Waals surface area (Å²) in [5, 5.41) is 11.9. The van der Waals surface area contributed by atoms with Gasteiger partial charge in [0.05, 0.1) is 25.3 Å². The second-order valence-electron chi connectivity index (χ2n) is 8.77. The predicted octanol–water partition coefficient (Wildman–Crippen LogP) is 6.50. The number of anilines is 1. The Bertz CT molecular complexity index is 1350. The van der Waals surface area contributed by atoms with E-state index in [1.807, 2.05) is 20.8 Å². The van der Waals surface area contributed by atoms with Crippen LogP contribution in [0, 0.1) is 0 Å². The number of hydrogen-bond acceptors (Lipinski definition) is 5. The summed E-state index contributed by atoms with van der Waals surface area (Å²) in [5.74, 6) is -0.390. The van der Waals surface area contributed by atoms with E-state index >= 15 is 0 Å². The van der Waals surface area contributed by atoms with Crippen molar-refractivity contribution in [2.24, 2.45) is 0 Å². The molecule has 7 heteroatoms. The summed E-state index contributed by atoms with van der Waals surface area (Å²) < 4.78 is 11.1. The molecule has 0 spiro atoms. The highest BCUT2D eigenvalue weighted by atomic mass is 35.5. The van der Waals surface area contributed by atoms with Gasteiger partial charge in [0.2, 0.25) is 0 Å². The first-order chi connectivity index (χ1) is 17.3. The summed E-state index contributed by atoms with van der Waals surface area (Å²) in [6, 6.07) is 18.3. The molecule has 0 aliphatic carbocycles. The molecular weight excluding hydrogens is 478 g/mol. The predicted molar refractivity (Wildman–Crippen MR) is 141 cm³/mol. The first-order valence-corrected chi connectivity index (χ1v) is 12.1. The lowest BCUT2D eigenvalue weighted by Crippen LogP contribution is -2.29. The molecule has 3 aromatic carbocycles. The minimum absolute atomic E-state index is 0.00602. The van der Waals surface area contributed by atoms with Crippen LogP contribution < -0.4 is 14.4 Å². The Balaban J connectivity index is 1.95. The number of hydrogen-bond donors (Lipinski definition) is 1. The molecule has 0 aromatic heterocycles. The Morgan fingerprint density at radius 2 is 1.81 bits per heavy atom. The van der Waals surface area contributed by atoms with E-state index in [1.165, 1.54) is 4.90 Å². The van der Waals surface area contributed by atoms with Crippen LogP contribution in [0.3, 0.4) is 0 Å². The molecule has 0 saturated carbocycles. The molecule has 1 N–H and O–H groups in total. The van der Waals surface area contributed by atoms with Crippen LogP contribution in [0.2, 0.25) is 5.02 Å². The Labute approximate surface area is 215 Å². The fourth-order valence-corrected chi connectivity index (χ4v) is 4.65. The number of methoxy groups -OCH3 is 1. The van der Waals surface area contributed by atoms with Crippen LogP contribution in [0.15, 0.2) is 72.3 Å². The van der Waals surface area contributed by atoms with Crippen molar-refractivity contribution in [2.45, 2.75) is 32.7 Å². The standard InChI is InChI=1S/C29H28ClNO5/c1-5-36-22-11-6-8-18(14-22)26-25(27(32)19-12-13-24(35-4)23(15-19)17(2)3)28(33)29(34)31(26)21-10-7-9-20(30)16-21/h6-17,26,32H,5H2,1-4H3/b27-25+. The van der Waals surface area contributed by atoms with Gasteiger partial charge >= 0.3 is 0 Å². The van der Waals surface area contributed by atoms with E-state index in [2.05, 4.69) is 0 Å². The van der Waals surface area contributed by atoms with Gasteiger partial charge in [0.25, 0.3) is 11.7 Å². The van der Waals surface area contributed by atoms with Gasteiger partial charge in [-0.05, 0) is 72.5 Å². The normalized spacial score (nSPS) is 17.1. The topological polar surface area (TPSA) is 76.1 Å². The monoisotopic (exact) mass is 505 g/mol. The zero-order valence-electron chi connectivity index (χ0n) is 20.6. The van der Waals surface area contributed by atoms with Gasteiger partial charge in [-0.15, -0.1) is 0 Å². The van der Waals surface area contributed by atoms with Crippen molar-refractivity contribution >= 4 is 34.7 Å². The molecule has 1 aliphatic heterocycles. The fourth-order valence-electron chi connectivity index (χ4n) is 4.47. The third-order valence-electron chi connectivity index (χ3n) is 6.14. The summed E-state index contributed by atoms with van der Waals surface area (Å²) in [6.45, 7) is 6.36. The minimum atomic E-state index is -0.881. The summed E-state index contributed by atoms with van der Waals surface area (Å²) in [7, 11) is 1.59. The largest absolute Gasteiger partial charge is 0.507 e. The SMILES string of the molecule is CCOc1cccc(C2/C(=C(\O)c3ccc(OC)c(C(C)C)c3)C(=O)C(=O)N2c2cccc(Cl)c2)c1. The van der Waals surface area contributed by atoms with Gasteiger partial charge < -0.3 is 14.6 Å². The summed E-state index contributed by atoms with van der Waals surface area (Å²) in [5.41, 5.74) is 2.37. The van der Waals surface area contributed by atoms with Crippen molar-refractivity contribution in [3.63, 3.8) is 0 Å². The van der Waals surface area contributed by atoms with Crippen molar-refractivity contribution < 1.29 is 24.2 Å². The van der Waals surface area contributed by atoms with Crippen LogP contribution in [0.1, 0.15) is 49.4 Å². The highest BCUT2D eigenvalue weighted by Crippen LogP contribution is 2.43. The number of Topliss-reactive ketones (excluding diaryl/α,β-unsaturated/α-hetero) is 1. The lowest BCUT2D eigenvalue weighted by Gasteiger charge is -2.26. The van der Waals surface area contributed by atoms with Gasteiger partial charge in [-0.2, -0.15) is 0 Å². The van der Waals surface area contributed by atoms with Crippen LogP contribution in [-0.2, 0) is 9.59 Å². The number of nitrogens with zero attached hydrogens (tertiary/aromatic N) is 1. The van der Waals surface area contributed by atoms with Crippen LogP contribution in [0.4, 0.5) is 5.69 Å². The Morgan fingerprint density at radius 1 is 1.06 bits per heavy atom. The van der Waals surface area contributed by atoms with E-state index < -0.39 is 17.7 Å². The maximum atomic E-state index is 13.4. The number of ketones is 1. The molecule has 36 heavy (non-hydrogen) atoms. The molecule has 1 unspecified atom stereocenters. The molecule has 3 aromatic rings. The minimum Gasteiger partial charge on any atom is -0.507 e. The van der Waals surface area contributed by atoms with Crippen molar-refractivity contribution in [1.82, 2.24) is 0 Å². The van der Waals surface area contributed by atoms with E-state index in [-0.39, 0.29) is 17.3 Å². The number of amides is 1. The van der Waals surface area contributed by atoms with E-state index in [1.54, 1.807) is 73.8 Å². The highest BCUT2D eigenvalue weighted by molar-refractivity contribution is 6.51. The lowest BCUT2D eigenvalue weighted by molar-refractivity contribution is -0.132. The van der Waals surface area contributed by atoms with Crippen LogP contribution in [-0.4, -0.2) is 30.5 Å². The zero-order chi connectivity index (χ0) is 26.0. The van der Waals surface area contributed by atoms with Crippen molar-refractivity contribution in [1.29, 1.82) is 0 Å². The van der Waals surface area contributed by atoms with Crippen LogP contribution in [0.5, 0.6) is 11.5 Å². The van der Waals surface area contributed by atoms with Gasteiger partial charge in [0, 0.05) is 16.3 Å². The maximum Gasteiger partial charge on any atom is 0.300 e. The number of carbonyl (C=O) groups excluding carboxylic acids is 2. The van der Waals surface area contributed by atoms with Gasteiger partial charge in [-0.25, -0.2) is 0 Å². The molecule has 1 atom stereocenters. The smallest absolute Gasteiger partial charge is 0.300 e. The van der Waals surface area contributed by atoms with E-state index in [9.17, 15) is 14.7 Å². The highest BCUT2D eigenvalue weighted by Gasteiger charge is 2.47. The number of benzene rings is 3. The van der Waals surface area contributed by atoms with E-state index in [0.29, 0.717) is 39.9 Å². The molecular formula is C29H28ClNO5. The summed E-state index contributed by atoms with van der Waals surface area (Å²) in [6.07, 6.45) is 0. The fraction of sp³-hybridized carbons (Fsp3) is 0.241. The first-order valence-electron chi connectivity index (χ1n) is 11.7. The lowest BCUT2D eigenvalue weighted by atomic mass is 9.93. The van der Waals surface area contributed by atoms with Gasteiger partial charge in [-0.1, -0.05) is 43.6 Å². The average Bonchev–Trinajstić information content (AvgIpc) is 3.13. The van der Waals surface area contributed by atoms with Crippen molar-refractivity contribution in [2.75, 3.05) is 18.6 Å². The number of halogens is 1. The Kier molecular flexibility index (Phi) is 7.36. The molecule has 1 saturated heterocycles. The molecule has 186 valence electrons. The zero-order valence-corrected chi connectivity index (χ0v) is 21.4. The second kappa shape index (κ2) is 10.5. The number of ether oxygens (including phenoxy) is 2. The van der Waals surface area contributed by atoms with Gasteiger partial charge in [0.15, 0.2) is 0 Å². The molecule has 6 nitrogen and oxygen atoms in total. The average molecular weight is 506 g/mol. The van der Waals surface area contributed by atoms with E-state index in [0.717, 1.165) is 5.56 Å². The van der Waals surface area contributed by atoms with E-state index in [4.69, 9.17) is 21.1 Å². The van der Waals surface area contributed by atoms with Crippen molar-refractivity contribution in [3.8, 4) is 11.5 Å². The Hall–Kier alpha value is -3.77. The van der Waals surface area contributed by atoms with Gasteiger partial charge in [0.1, 0.15) is 17.3 Å².